The molecule has 0 spiro atoms. The third-order valence-corrected chi connectivity index (χ3v) is 8.07. The van der Waals surface area contributed by atoms with Gasteiger partial charge in [-0.1, -0.05) is 12.1 Å². The quantitative estimate of drug-likeness (QED) is 0.457. The van der Waals surface area contributed by atoms with E-state index in [1.54, 1.807) is 0 Å². The monoisotopic (exact) mass is 503 g/mol. The highest BCUT2D eigenvalue weighted by Crippen LogP contribution is 2.43. The molecule has 2 saturated heterocycles. The Morgan fingerprint density at radius 3 is 2.53 bits per heavy atom. The van der Waals surface area contributed by atoms with Gasteiger partial charge in [-0.2, -0.15) is 0 Å². The Kier molecular flexibility index (Phi) is 7.42. The molecule has 36 heavy (non-hydrogen) atoms. The van der Waals surface area contributed by atoms with E-state index in [9.17, 15) is 0 Å². The maximum atomic E-state index is 5.94. The molecule has 6 nitrogen and oxygen atoms in total. The summed E-state index contributed by atoms with van der Waals surface area (Å²) in [5.74, 6) is 0. The summed E-state index contributed by atoms with van der Waals surface area (Å²) in [6, 6.07) is 15.1. The first-order chi connectivity index (χ1) is 17.4. The van der Waals surface area contributed by atoms with Crippen LogP contribution in [0.5, 0.6) is 0 Å². The standard InChI is InChI=1S/C29H37N5OS/c1-20-9-10-24(18-21(20)2)34-28(27(31-29(34)36)26-8-5-6-11-30-26)25-19-22(3)33(23(25)4)13-7-12-32-14-16-35-17-15-32/h5-6,8-11,18-19,27-28H,7,12-17H2,1-4H3,(H,31,36)/t27-,28+/m1/s1. The molecule has 0 amide bonds. The molecule has 0 bridgehead atoms. The molecular formula is C29H37N5OS. The topological polar surface area (TPSA) is 45.6 Å². The molecule has 2 aromatic heterocycles. The van der Waals surface area contributed by atoms with Gasteiger partial charge in [0.25, 0.3) is 0 Å². The van der Waals surface area contributed by atoms with E-state index in [1.807, 2.05) is 12.3 Å². The van der Waals surface area contributed by atoms with Crippen LogP contribution in [0.15, 0.2) is 48.7 Å². The first-order valence-corrected chi connectivity index (χ1v) is 13.4. The summed E-state index contributed by atoms with van der Waals surface area (Å²) >= 11 is 5.94. The highest BCUT2D eigenvalue weighted by atomic mass is 32.1. The zero-order valence-corrected chi connectivity index (χ0v) is 22.6. The van der Waals surface area contributed by atoms with Crippen LogP contribution in [0.1, 0.15) is 52.3 Å². The molecule has 0 aliphatic carbocycles. The second-order valence-corrected chi connectivity index (χ2v) is 10.4. The molecule has 7 heteroatoms. The van der Waals surface area contributed by atoms with Crippen molar-refractivity contribution in [2.75, 3.05) is 37.7 Å². The Labute approximate surface area is 220 Å². The minimum absolute atomic E-state index is 0.0219. The van der Waals surface area contributed by atoms with Crippen LogP contribution in [-0.4, -0.2) is 52.4 Å². The van der Waals surface area contributed by atoms with Crippen LogP contribution in [0.2, 0.25) is 0 Å². The van der Waals surface area contributed by atoms with Crippen LogP contribution < -0.4 is 10.2 Å². The molecule has 2 aliphatic rings. The van der Waals surface area contributed by atoms with Crippen LogP contribution in [0.3, 0.4) is 0 Å². The van der Waals surface area contributed by atoms with Gasteiger partial charge in [-0.15, -0.1) is 0 Å². The van der Waals surface area contributed by atoms with Crippen LogP contribution in [0.25, 0.3) is 0 Å². The summed E-state index contributed by atoms with van der Waals surface area (Å²) in [4.78, 5) is 9.52. The molecule has 0 unspecified atom stereocenters. The number of anilines is 1. The zero-order valence-electron chi connectivity index (χ0n) is 21.8. The number of nitrogens with zero attached hydrogens (tertiary/aromatic N) is 4. The Balaban J connectivity index is 1.48. The van der Waals surface area contributed by atoms with Crippen molar-refractivity contribution < 1.29 is 4.74 Å². The molecule has 3 aromatic rings. The van der Waals surface area contributed by atoms with Gasteiger partial charge in [-0.05, 0) is 93.4 Å². The number of aryl methyl sites for hydroxylation is 3. The Morgan fingerprint density at radius 2 is 1.81 bits per heavy atom. The lowest BCUT2D eigenvalue weighted by atomic mass is 9.96. The van der Waals surface area contributed by atoms with Crippen LogP contribution in [0, 0.1) is 27.7 Å². The van der Waals surface area contributed by atoms with Gasteiger partial charge in [0.2, 0.25) is 0 Å². The van der Waals surface area contributed by atoms with E-state index in [4.69, 9.17) is 21.9 Å². The van der Waals surface area contributed by atoms with E-state index in [0.29, 0.717) is 0 Å². The Bertz CT molecular complexity index is 1220. The highest BCUT2D eigenvalue weighted by molar-refractivity contribution is 7.80. The van der Waals surface area contributed by atoms with E-state index >= 15 is 0 Å². The predicted molar refractivity (Wildman–Crippen MR) is 150 cm³/mol. The molecule has 2 aliphatic heterocycles. The van der Waals surface area contributed by atoms with Crippen molar-refractivity contribution in [3.63, 3.8) is 0 Å². The molecule has 2 fully saturated rings. The van der Waals surface area contributed by atoms with Gasteiger partial charge in [0.05, 0.1) is 31.0 Å². The number of nitrogens with one attached hydrogen (secondary N) is 1. The lowest BCUT2D eigenvalue weighted by Crippen LogP contribution is -2.37. The van der Waals surface area contributed by atoms with Crippen molar-refractivity contribution >= 4 is 23.0 Å². The maximum absolute atomic E-state index is 5.94. The highest BCUT2D eigenvalue weighted by Gasteiger charge is 2.42. The van der Waals surface area contributed by atoms with Crippen molar-refractivity contribution in [1.29, 1.82) is 0 Å². The SMILES string of the molecule is Cc1ccc(N2C(=S)N[C@H](c3ccccn3)[C@@H]2c2cc(C)n(CCCN3CCOCC3)c2C)cc1C. The number of benzene rings is 1. The van der Waals surface area contributed by atoms with Gasteiger partial charge >= 0.3 is 0 Å². The number of rotatable bonds is 7. The molecule has 1 N–H and O–H groups in total. The summed E-state index contributed by atoms with van der Waals surface area (Å²) in [5, 5.41) is 4.36. The summed E-state index contributed by atoms with van der Waals surface area (Å²) < 4.78 is 7.98. The van der Waals surface area contributed by atoms with Gasteiger partial charge in [-0.3, -0.25) is 9.88 Å². The van der Waals surface area contributed by atoms with E-state index < -0.39 is 0 Å². The lowest BCUT2D eigenvalue weighted by Gasteiger charge is -2.29. The Hall–Kier alpha value is -2.74. The van der Waals surface area contributed by atoms with Crippen molar-refractivity contribution in [3.05, 3.63) is 82.4 Å². The molecule has 190 valence electrons. The minimum atomic E-state index is -0.0254. The average Bonchev–Trinajstić information content (AvgIpc) is 3.37. The fourth-order valence-electron chi connectivity index (χ4n) is 5.57. The van der Waals surface area contributed by atoms with Gasteiger partial charge in [-0.25, -0.2) is 0 Å². The lowest BCUT2D eigenvalue weighted by molar-refractivity contribution is 0.0369. The normalized spacial score (nSPS) is 20.7. The number of hydrogen-bond donors (Lipinski definition) is 1. The van der Waals surface area contributed by atoms with Crippen molar-refractivity contribution in [3.8, 4) is 0 Å². The summed E-state index contributed by atoms with van der Waals surface area (Å²) in [6.07, 6.45) is 2.99. The third kappa shape index (κ3) is 4.92. The number of ether oxygens (including phenoxy) is 1. The zero-order chi connectivity index (χ0) is 25.2. The van der Waals surface area contributed by atoms with Crippen molar-refractivity contribution in [2.45, 2.75) is 52.7 Å². The van der Waals surface area contributed by atoms with Crippen molar-refractivity contribution in [1.82, 2.24) is 19.8 Å². The molecule has 2 atom stereocenters. The second kappa shape index (κ2) is 10.7. The van der Waals surface area contributed by atoms with Crippen molar-refractivity contribution in [2.24, 2.45) is 0 Å². The Morgan fingerprint density at radius 1 is 1.00 bits per heavy atom. The largest absolute Gasteiger partial charge is 0.379 e. The minimum Gasteiger partial charge on any atom is -0.379 e. The van der Waals surface area contributed by atoms with E-state index in [-0.39, 0.29) is 12.1 Å². The van der Waals surface area contributed by atoms with E-state index in [0.717, 1.165) is 62.3 Å². The molecule has 1 aromatic carbocycles. The summed E-state index contributed by atoms with van der Waals surface area (Å²) in [6.45, 7) is 14.7. The molecule has 5 rings (SSSR count). The first kappa shape index (κ1) is 24.9. The molecule has 0 saturated carbocycles. The average molecular weight is 504 g/mol. The smallest absolute Gasteiger partial charge is 0.174 e. The predicted octanol–water partition coefficient (Wildman–Crippen LogP) is 5.02. The third-order valence-electron chi connectivity index (χ3n) is 7.76. The fourth-order valence-corrected chi connectivity index (χ4v) is 5.92. The van der Waals surface area contributed by atoms with E-state index in [1.165, 1.54) is 28.1 Å². The first-order valence-electron chi connectivity index (χ1n) is 13.0. The maximum Gasteiger partial charge on any atom is 0.174 e. The number of aromatic nitrogens is 2. The number of pyridine rings is 1. The van der Waals surface area contributed by atoms with Gasteiger partial charge in [0.15, 0.2) is 5.11 Å². The number of morpholine rings is 1. The molecule has 4 heterocycles. The number of thiocarbonyl (C=S) groups is 1. The number of hydrogen-bond acceptors (Lipinski definition) is 4. The van der Waals surface area contributed by atoms with Gasteiger partial charge < -0.3 is 19.5 Å². The summed E-state index contributed by atoms with van der Waals surface area (Å²) in [5.41, 5.74) is 8.59. The van der Waals surface area contributed by atoms with Gasteiger partial charge in [0, 0.05) is 49.5 Å². The fraction of sp³-hybridized carbons (Fsp3) is 0.448. The molecular weight excluding hydrogens is 466 g/mol. The van der Waals surface area contributed by atoms with Crippen LogP contribution in [-0.2, 0) is 11.3 Å². The van der Waals surface area contributed by atoms with E-state index in [2.05, 4.69) is 83.8 Å². The molecule has 0 radical (unpaired) electrons. The van der Waals surface area contributed by atoms with Crippen LogP contribution >= 0.6 is 12.2 Å². The van der Waals surface area contributed by atoms with Crippen LogP contribution in [0.4, 0.5) is 5.69 Å². The summed E-state index contributed by atoms with van der Waals surface area (Å²) in [7, 11) is 0. The van der Waals surface area contributed by atoms with Gasteiger partial charge in [0.1, 0.15) is 0 Å². The second-order valence-electron chi connectivity index (χ2n) is 10.1.